The summed E-state index contributed by atoms with van der Waals surface area (Å²) in [5, 5.41) is 3.53. The van der Waals surface area contributed by atoms with Crippen LogP contribution < -0.4 is 10.2 Å². The van der Waals surface area contributed by atoms with Gasteiger partial charge in [0.15, 0.2) is 5.96 Å². The smallest absolute Gasteiger partial charge is 0.194 e. The molecule has 2 aliphatic carbocycles. The SMILES string of the molecule is CCNC(=NCC1(C2CC2)CCC1)N1CCN(c2ccccn2)CC1. The minimum Gasteiger partial charge on any atom is -0.357 e. The zero-order valence-electron chi connectivity index (χ0n) is 15.5. The van der Waals surface area contributed by atoms with Gasteiger partial charge in [-0.2, -0.15) is 0 Å². The number of hydrogen-bond donors (Lipinski definition) is 1. The molecule has 1 aromatic heterocycles. The standard InChI is InChI=1S/C20H31N5/c1-2-21-19(23-16-20(9-5-10-20)17-7-8-17)25-14-12-24(13-15-25)18-6-3-4-11-22-18/h3-4,6,11,17H,2,5,7-10,12-16H2,1H3,(H,21,23). The first-order chi connectivity index (χ1) is 12.3. The first kappa shape index (κ1) is 16.7. The monoisotopic (exact) mass is 341 g/mol. The van der Waals surface area contributed by atoms with Crippen molar-refractivity contribution >= 4 is 11.8 Å². The molecule has 5 nitrogen and oxygen atoms in total. The summed E-state index contributed by atoms with van der Waals surface area (Å²) in [4.78, 5) is 14.4. The van der Waals surface area contributed by atoms with Crippen LogP contribution in [0.15, 0.2) is 29.4 Å². The molecule has 0 atom stereocenters. The minimum atomic E-state index is 0.552. The van der Waals surface area contributed by atoms with Gasteiger partial charge in [0.25, 0.3) is 0 Å². The van der Waals surface area contributed by atoms with Crippen LogP contribution in [0.4, 0.5) is 5.82 Å². The second kappa shape index (κ2) is 7.22. The average molecular weight is 342 g/mol. The third-order valence-electron chi connectivity index (χ3n) is 6.22. The summed E-state index contributed by atoms with van der Waals surface area (Å²) in [6.45, 7) is 8.18. The third kappa shape index (κ3) is 3.60. The van der Waals surface area contributed by atoms with Gasteiger partial charge in [0, 0.05) is 45.5 Å². The molecule has 0 bridgehead atoms. The van der Waals surface area contributed by atoms with Crippen molar-refractivity contribution < 1.29 is 0 Å². The maximum atomic E-state index is 5.09. The highest BCUT2D eigenvalue weighted by molar-refractivity contribution is 5.80. The summed E-state index contributed by atoms with van der Waals surface area (Å²) in [7, 11) is 0. The van der Waals surface area contributed by atoms with E-state index in [0.717, 1.165) is 57.0 Å². The van der Waals surface area contributed by atoms with E-state index in [9.17, 15) is 0 Å². The van der Waals surface area contributed by atoms with Crippen LogP contribution in [-0.2, 0) is 0 Å². The molecule has 1 saturated heterocycles. The van der Waals surface area contributed by atoms with Gasteiger partial charge in [-0.1, -0.05) is 12.5 Å². The highest BCUT2D eigenvalue weighted by atomic mass is 15.4. The second-order valence-corrected chi connectivity index (χ2v) is 7.82. The van der Waals surface area contributed by atoms with E-state index in [1.165, 1.54) is 32.1 Å². The number of guanidine groups is 1. The van der Waals surface area contributed by atoms with E-state index >= 15 is 0 Å². The molecule has 2 saturated carbocycles. The second-order valence-electron chi connectivity index (χ2n) is 7.82. The summed E-state index contributed by atoms with van der Waals surface area (Å²) in [6, 6.07) is 6.15. The highest BCUT2D eigenvalue weighted by Crippen LogP contribution is 2.57. The lowest BCUT2D eigenvalue weighted by Crippen LogP contribution is -2.53. The first-order valence-corrected chi connectivity index (χ1v) is 10.00. The lowest BCUT2D eigenvalue weighted by molar-refractivity contribution is 0.112. The molecule has 136 valence electrons. The summed E-state index contributed by atoms with van der Waals surface area (Å²) in [5.41, 5.74) is 0.552. The van der Waals surface area contributed by atoms with Gasteiger partial charge in [0.05, 0.1) is 0 Å². The Hall–Kier alpha value is -1.78. The zero-order valence-corrected chi connectivity index (χ0v) is 15.5. The lowest BCUT2D eigenvalue weighted by atomic mass is 9.65. The number of pyridine rings is 1. The third-order valence-corrected chi connectivity index (χ3v) is 6.22. The minimum absolute atomic E-state index is 0.552. The van der Waals surface area contributed by atoms with Crippen molar-refractivity contribution in [1.29, 1.82) is 0 Å². The Balaban J connectivity index is 1.37. The predicted molar refractivity (Wildman–Crippen MR) is 103 cm³/mol. The molecule has 5 heteroatoms. The van der Waals surface area contributed by atoms with Gasteiger partial charge in [-0.05, 0) is 56.1 Å². The number of aliphatic imine (C=N–C) groups is 1. The van der Waals surface area contributed by atoms with Crippen molar-refractivity contribution in [3.8, 4) is 0 Å². The Morgan fingerprint density at radius 2 is 2.04 bits per heavy atom. The Morgan fingerprint density at radius 3 is 2.60 bits per heavy atom. The van der Waals surface area contributed by atoms with E-state index in [-0.39, 0.29) is 0 Å². The highest BCUT2D eigenvalue weighted by Gasteiger charge is 2.48. The summed E-state index contributed by atoms with van der Waals surface area (Å²) < 4.78 is 0. The maximum Gasteiger partial charge on any atom is 0.194 e. The summed E-state index contributed by atoms with van der Waals surface area (Å²) >= 11 is 0. The number of piperazine rings is 1. The van der Waals surface area contributed by atoms with E-state index in [1.54, 1.807) is 0 Å². The fourth-order valence-electron chi connectivity index (χ4n) is 4.37. The number of rotatable bonds is 5. The Morgan fingerprint density at radius 1 is 1.24 bits per heavy atom. The number of nitrogens with zero attached hydrogens (tertiary/aromatic N) is 4. The number of aromatic nitrogens is 1. The number of hydrogen-bond acceptors (Lipinski definition) is 3. The topological polar surface area (TPSA) is 43.8 Å². The van der Waals surface area contributed by atoms with Crippen molar-refractivity contribution in [2.24, 2.45) is 16.3 Å². The Bertz CT molecular complexity index is 583. The van der Waals surface area contributed by atoms with Gasteiger partial charge in [-0.25, -0.2) is 4.98 Å². The zero-order chi connectivity index (χ0) is 17.1. The molecule has 3 fully saturated rings. The lowest BCUT2D eigenvalue weighted by Gasteiger charge is -2.42. The van der Waals surface area contributed by atoms with Crippen LogP contribution in [0.3, 0.4) is 0 Å². The van der Waals surface area contributed by atoms with Crippen molar-refractivity contribution in [3.63, 3.8) is 0 Å². The molecule has 0 amide bonds. The van der Waals surface area contributed by atoms with Crippen LogP contribution in [0, 0.1) is 11.3 Å². The summed E-state index contributed by atoms with van der Waals surface area (Å²) in [5.74, 6) is 3.18. The van der Waals surface area contributed by atoms with Crippen molar-refractivity contribution in [3.05, 3.63) is 24.4 Å². The molecule has 1 aromatic rings. The Kier molecular flexibility index (Phi) is 4.82. The predicted octanol–water partition coefficient (Wildman–Crippen LogP) is 2.75. The number of nitrogens with one attached hydrogen (secondary N) is 1. The molecule has 3 aliphatic rings. The molecule has 2 heterocycles. The van der Waals surface area contributed by atoms with Crippen LogP contribution in [-0.4, -0.2) is 55.1 Å². The molecule has 4 rings (SSSR count). The quantitative estimate of drug-likeness (QED) is 0.661. The van der Waals surface area contributed by atoms with Crippen LogP contribution in [0.5, 0.6) is 0 Å². The fraction of sp³-hybridized carbons (Fsp3) is 0.700. The molecule has 0 spiro atoms. The van der Waals surface area contributed by atoms with E-state index < -0.39 is 0 Å². The fourth-order valence-corrected chi connectivity index (χ4v) is 4.37. The first-order valence-electron chi connectivity index (χ1n) is 10.00. The van der Waals surface area contributed by atoms with Gasteiger partial charge in [-0.3, -0.25) is 4.99 Å². The van der Waals surface area contributed by atoms with Crippen LogP contribution in [0.2, 0.25) is 0 Å². The van der Waals surface area contributed by atoms with Crippen LogP contribution in [0.1, 0.15) is 39.0 Å². The van der Waals surface area contributed by atoms with E-state index in [2.05, 4.69) is 39.2 Å². The van der Waals surface area contributed by atoms with Crippen molar-refractivity contribution in [1.82, 2.24) is 15.2 Å². The van der Waals surface area contributed by atoms with Crippen LogP contribution >= 0.6 is 0 Å². The molecule has 0 aromatic carbocycles. The summed E-state index contributed by atoms with van der Waals surface area (Å²) in [6.07, 6.45) is 8.96. The van der Waals surface area contributed by atoms with Crippen molar-refractivity contribution in [2.75, 3.05) is 44.2 Å². The maximum absolute atomic E-state index is 5.09. The van der Waals surface area contributed by atoms with E-state index in [0.29, 0.717) is 5.41 Å². The normalized spacial score (nSPS) is 23.3. The molecular formula is C20H31N5. The van der Waals surface area contributed by atoms with Gasteiger partial charge >= 0.3 is 0 Å². The van der Waals surface area contributed by atoms with E-state index in [4.69, 9.17) is 4.99 Å². The van der Waals surface area contributed by atoms with Crippen molar-refractivity contribution in [2.45, 2.75) is 39.0 Å². The molecule has 1 N–H and O–H groups in total. The molecule has 0 unspecified atom stereocenters. The number of anilines is 1. The molecule has 0 radical (unpaired) electrons. The van der Waals surface area contributed by atoms with Crippen LogP contribution in [0.25, 0.3) is 0 Å². The molecular weight excluding hydrogens is 310 g/mol. The van der Waals surface area contributed by atoms with Gasteiger partial charge in [-0.15, -0.1) is 0 Å². The van der Waals surface area contributed by atoms with Gasteiger partial charge < -0.3 is 15.1 Å². The Labute approximate surface area is 151 Å². The van der Waals surface area contributed by atoms with Gasteiger partial charge in [0.1, 0.15) is 5.82 Å². The van der Waals surface area contributed by atoms with E-state index in [1.807, 2.05) is 12.3 Å². The largest absolute Gasteiger partial charge is 0.357 e. The van der Waals surface area contributed by atoms with Gasteiger partial charge in [0.2, 0.25) is 0 Å². The molecule has 25 heavy (non-hydrogen) atoms. The average Bonchev–Trinajstić information content (AvgIpc) is 3.46. The molecule has 1 aliphatic heterocycles.